The first-order valence-corrected chi connectivity index (χ1v) is 13.9. The number of nitrogens with zero attached hydrogens (tertiary/aromatic N) is 2. The van der Waals surface area contributed by atoms with E-state index in [1.54, 1.807) is 34.4 Å². The molecule has 2 aromatic carbocycles. The van der Waals surface area contributed by atoms with E-state index in [-0.39, 0.29) is 5.91 Å². The number of carbonyl (C=O) groups excluding carboxylic acids is 1. The molecule has 1 aliphatic heterocycles. The molecule has 1 N–H and O–H groups in total. The van der Waals surface area contributed by atoms with E-state index >= 15 is 0 Å². The van der Waals surface area contributed by atoms with Crippen LogP contribution in [0.1, 0.15) is 41.6 Å². The van der Waals surface area contributed by atoms with Crippen molar-refractivity contribution < 1.29 is 4.79 Å². The largest absolute Gasteiger partial charge is 0.313 e. The summed E-state index contributed by atoms with van der Waals surface area (Å²) in [4.78, 5) is 23.2. The van der Waals surface area contributed by atoms with Gasteiger partial charge in [0.15, 0.2) is 0 Å². The van der Waals surface area contributed by atoms with Crippen molar-refractivity contribution in [2.75, 3.05) is 17.6 Å². The predicted octanol–water partition coefficient (Wildman–Crippen LogP) is 7.16. The molecule has 0 aliphatic carbocycles. The Kier molecular flexibility index (Phi) is 6.56. The molecular weight excluding hydrogens is 467 g/mol. The molecule has 1 amide bonds. The number of amides is 1. The Bertz CT molecular complexity index is 1270. The van der Waals surface area contributed by atoms with Crippen LogP contribution in [0.25, 0.3) is 20.8 Å². The lowest BCUT2D eigenvalue weighted by Crippen LogP contribution is -2.35. The van der Waals surface area contributed by atoms with Crippen molar-refractivity contribution in [2.45, 2.75) is 44.7 Å². The van der Waals surface area contributed by atoms with E-state index < -0.39 is 0 Å². The number of rotatable bonds is 6. The Morgan fingerprint density at radius 2 is 2.03 bits per heavy atom. The number of nitrogens with one attached hydrogen (secondary N) is 1. The van der Waals surface area contributed by atoms with Crippen molar-refractivity contribution in [3.63, 3.8) is 0 Å². The summed E-state index contributed by atoms with van der Waals surface area (Å²) in [7, 11) is 0. The zero-order chi connectivity index (χ0) is 22.9. The van der Waals surface area contributed by atoms with Crippen LogP contribution >= 0.6 is 34.4 Å². The standard InChI is InChI=1S/C26H27N3OS3/c1-4-31-18-9-7-8-17(14-18)24(30)28-26-23(25-27-20-10-5-6-11-21(20)32-25)19-12-13-29(16(2)3)15-22(19)33-26/h5-11,14,16H,4,12-13,15H2,1-3H3,(H,28,30). The lowest BCUT2D eigenvalue weighted by molar-refractivity contribution is 0.102. The molecular formula is C26H27N3OS3. The highest BCUT2D eigenvalue weighted by molar-refractivity contribution is 7.99. The maximum absolute atomic E-state index is 13.3. The van der Waals surface area contributed by atoms with E-state index in [1.807, 2.05) is 24.3 Å². The smallest absolute Gasteiger partial charge is 0.256 e. The van der Waals surface area contributed by atoms with E-state index in [2.05, 4.69) is 55.3 Å². The van der Waals surface area contributed by atoms with E-state index in [9.17, 15) is 4.79 Å². The molecule has 5 rings (SSSR count). The molecule has 0 spiro atoms. The fourth-order valence-corrected chi connectivity index (χ4v) is 7.32. The number of benzene rings is 2. The summed E-state index contributed by atoms with van der Waals surface area (Å²) in [6.07, 6.45) is 0.980. The zero-order valence-corrected chi connectivity index (χ0v) is 21.5. The minimum absolute atomic E-state index is 0.0600. The van der Waals surface area contributed by atoms with Gasteiger partial charge >= 0.3 is 0 Å². The molecule has 0 saturated heterocycles. The third-order valence-corrected chi connectivity index (χ3v) is 9.02. The number of hydrogen-bond acceptors (Lipinski definition) is 6. The molecule has 0 atom stereocenters. The van der Waals surface area contributed by atoms with E-state index in [1.165, 1.54) is 15.1 Å². The number of fused-ring (bicyclic) bond motifs is 2. The SMILES string of the molecule is CCSc1cccc(C(=O)Nc2sc3c(c2-c2nc4ccccc4s2)CCN(C(C)C)C3)c1. The van der Waals surface area contributed by atoms with Gasteiger partial charge < -0.3 is 5.32 Å². The summed E-state index contributed by atoms with van der Waals surface area (Å²) in [6, 6.07) is 16.6. The topological polar surface area (TPSA) is 45.2 Å². The molecule has 4 aromatic rings. The number of thiazole rings is 1. The molecule has 170 valence electrons. The first-order chi connectivity index (χ1) is 16.0. The van der Waals surface area contributed by atoms with Gasteiger partial charge in [-0.25, -0.2) is 4.98 Å². The maximum atomic E-state index is 13.3. The summed E-state index contributed by atoms with van der Waals surface area (Å²) in [5, 5.41) is 5.18. The van der Waals surface area contributed by atoms with Crippen LogP contribution in [0.3, 0.4) is 0 Å². The monoisotopic (exact) mass is 493 g/mol. The number of thiophene rings is 1. The Morgan fingerprint density at radius 3 is 2.82 bits per heavy atom. The molecule has 0 saturated carbocycles. The zero-order valence-electron chi connectivity index (χ0n) is 19.1. The Balaban J connectivity index is 1.55. The van der Waals surface area contributed by atoms with Gasteiger partial charge in [-0.3, -0.25) is 9.69 Å². The van der Waals surface area contributed by atoms with Gasteiger partial charge in [-0.15, -0.1) is 34.4 Å². The molecule has 4 nitrogen and oxygen atoms in total. The molecule has 33 heavy (non-hydrogen) atoms. The minimum Gasteiger partial charge on any atom is -0.313 e. The van der Waals surface area contributed by atoms with Gasteiger partial charge in [-0.1, -0.05) is 25.1 Å². The fourth-order valence-electron chi connectivity index (χ4n) is 4.23. The summed E-state index contributed by atoms with van der Waals surface area (Å²) >= 11 is 5.17. The average Bonchev–Trinajstić information content (AvgIpc) is 3.39. The number of hydrogen-bond donors (Lipinski definition) is 1. The summed E-state index contributed by atoms with van der Waals surface area (Å²) in [5.41, 5.74) is 4.17. The molecule has 1 aliphatic rings. The van der Waals surface area contributed by atoms with Crippen molar-refractivity contribution in [2.24, 2.45) is 0 Å². The number of anilines is 1. The number of para-hydroxylation sites is 1. The highest BCUT2D eigenvalue weighted by Gasteiger charge is 2.28. The Morgan fingerprint density at radius 1 is 1.18 bits per heavy atom. The van der Waals surface area contributed by atoms with Crippen LogP contribution in [0.5, 0.6) is 0 Å². The van der Waals surface area contributed by atoms with Crippen molar-refractivity contribution in [3.8, 4) is 10.6 Å². The van der Waals surface area contributed by atoms with Gasteiger partial charge in [0.05, 0.1) is 10.2 Å². The Labute approximate surface area is 207 Å². The fraction of sp³-hybridized carbons (Fsp3) is 0.308. The average molecular weight is 494 g/mol. The third-order valence-electron chi connectivity index (χ3n) is 5.96. The van der Waals surface area contributed by atoms with Crippen LogP contribution in [0.15, 0.2) is 53.4 Å². The molecule has 0 unspecified atom stereocenters. The second-order valence-electron chi connectivity index (χ2n) is 8.42. The number of thioether (sulfide) groups is 1. The van der Waals surface area contributed by atoms with Crippen LogP contribution in [0, 0.1) is 0 Å². The van der Waals surface area contributed by atoms with Gasteiger partial charge in [0, 0.05) is 40.0 Å². The van der Waals surface area contributed by atoms with E-state index in [0.29, 0.717) is 11.6 Å². The van der Waals surface area contributed by atoms with Crippen molar-refractivity contribution in [1.29, 1.82) is 0 Å². The van der Waals surface area contributed by atoms with Crippen LogP contribution < -0.4 is 5.32 Å². The molecule has 2 aromatic heterocycles. The summed E-state index contributed by atoms with van der Waals surface area (Å²) in [5.74, 6) is 0.923. The second-order valence-corrected chi connectivity index (χ2v) is 11.9. The van der Waals surface area contributed by atoms with E-state index in [4.69, 9.17) is 4.98 Å². The van der Waals surface area contributed by atoms with Crippen molar-refractivity contribution in [1.82, 2.24) is 9.88 Å². The van der Waals surface area contributed by atoms with Crippen LogP contribution in [0.4, 0.5) is 5.00 Å². The third kappa shape index (κ3) is 4.60. The normalized spacial score (nSPS) is 14.1. The van der Waals surface area contributed by atoms with Gasteiger partial charge in [0.2, 0.25) is 0 Å². The van der Waals surface area contributed by atoms with Gasteiger partial charge in [-0.2, -0.15) is 0 Å². The van der Waals surface area contributed by atoms with Crippen LogP contribution in [-0.2, 0) is 13.0 Å². The highest BCUT2D eigenvalue weighted by Crippen LogP contribution is 2.46. The van der Waals surface area contributed by atoms with Gasteiger partial charge in [0.25, 0.3) is 5.91 Å². The van der Waals surface area contributed by atoms with Crippen LogP contribution in [0.2, 0.25) is 0 Å². The lowest BCUT2D eigenvalue weighted by atomic mass is 10.0. The first-order valence-electron chi connectivity index (χ1n) is 11.3. The van der Waals surface area contributed by atoms with E-state index in [0.717, 1.165) is 51.2 Å². The lowest BCUT2D eigenvalue weighted by Gasteiger charge is -2.30. The molecule has 0 radical (unpaired) electrons. The number of carbonyl (C=O) groups is 1. The molecule has 0 bridgehead atoms. The predicted molar refractivity (Wildman–Crippen MR) is 143 cm³/mol. The van der Waals surface area contributed by atoms with Crippen molar-refractivity contribution in [3.05, 3.63) is 64.5 Å². The van der Waals surface area contributed by atoms with Crippen molar-refractivity contribution >= 4 is 55.6 Å². The van der Waals surface area contributed by atoms with Crippen LogP contribution in [-0.4, -0.2) is 34.1 Å². The molecule has 7 heteroatoms. The quantitative estimate of drug-likeness (QED) is 0.290. The minimum atomic E-state index is -0.0600. The van der Waals surface area contributed by atoms with Gasteiger partial charge in [-0.05, 0) is 61.9 Å². The first kappa shape index (κ1) is 22.6. The number of aromatic nitrogens is 1. The highest BCUT2D eigenvalue weighted by atomic mass is 32.2. The Hall–Kier alpha value is -2.19. The van der Waals surface area contributed by atoms with Gasteiger partial charge in [0.1, 0.15) is 10.0 Å². The molecule has 3 heterocycles. The molecule has 0 fully saturated rings. The summed E-state index contributed by atoms with van der Waals surface area (Å²) < 4.78 is 1.17. The second kappa shape index (κ2) is 9.58. The maximum Gasteiger partial charge on any atom is 0.256 e. The summed E-state index contributed by atoms with van der Waals surface area (Å²) in [6.45, 7) is 8.57.